The van der Waals surface area contributed by atoms with Crippen molar-refractivity contribution in [2.45, 2.75) is 13.0 Å². The van der Waals surface area contributed by atoms with Gasteiger partial charge in [0.15, 0.2) is 0 Å². The van der Waals surface area contributed by atoms with Crippen molar-refractivity contribution in [3.63, 3.8) is 0 Å². The van der Waals surface area contributed by atoms with Gasteiger partial charge in [0.25, 0.3) is 0 Å². The maximum atomic E-state index is 11.5. The predicted molar refractivity (Wildman–Crippen MR) is 66.8 cm³/mol. The summed E-state index contributed by atoms with van der Waals surface area (Å²) >= 11 is 6.73. The molecule has 0 bridgehead atoms. The zero-order valence-corrected chi connectivity index (χ0v) is 9.98. The molecule has 0 N–H and O–H groups in total. The fourth-order valence-corrected chi connectivity index (χ4v) is 3.19. The number of thiocarbonyl (C=S) groups is 1. The largest absolute Gasteiger partial charge is 0.290 e. The van der Waals surface area contributed by atoms with E-state index < -0.39 is 0 Å². The smallest absolute Gasteiger partial charge is 0.225 e. The molecule has 1 amide bonds. The molecule has 78 valence electrons. The van der Waals surface area contributed by atoms with E-state index in [9.17, 15) is 4.79 Å². The highest BCUT2D eigenvalue weighted by Crippen LogP contribution is 2.35. The molecular weight excluding hydrogens is 226 g/mol. The van der Waals surface area contributed by atoms with Crippen LogP contribution in [-0.4, -0.2) is 20.9 Å². The van der Waals surface area contributed by atoms with Crippen LogP contribution in [0.25, 0.3) is 0 Å². The van der Waals surface area contributed by atoms with Crippen LogP contribution in [0.2, 0.25) is 0 Å². The third-order valence-electron chi connectivity index (χ3n) is 2.40. The Morgan fingerprint density at radius 3 is 2.73 bits per heavy atom. The molecule has 0 unspecified atom stereocenters. The molecular formula is C11H11NOS2. The van der Waals surface area contributed by atoms with E-state index in [0.29, 0.717) is 4.32 Å². The first-order valence-corrected chi connectivity index (χ1v) is 6.11. The number of benzene rings is 1. The molecule has 1 aromatic carbocycles. The molecule has 0 aromatic heterocycles. The molecule has 0 aliphatic carbocycles. The lowest BCUT2D eigenvalue weighted by atomic mass is 10.1. The van der Waals surface area contributed by atoms with Crippen LogP contribution in [0.15, 0.2) is 30.3 Å². The average molecular weight is 237 g/mol. The number of nitrogens with zero attached hydrogens (tertiary/aromatic N) is 1. The van der Waals surface area contributed by atoms with E-state index in [1.54, 1.807) is 23.6 Å². The van der Waals surface area contributed by atoms with Crippen molar-refractivity contribution in [2.24, 2.45) is 0 Å². The number of hydrogen-bond acceptors (Lipinski definition) is 3. The van der Waals surface area contributed by atoms with Crippen LogP contribution >= 0.6 is 24.0 Å². The van der Waals surface area contributed by atoms with Crippen molar-refractivity contribution >= 4 is 34.2 Å². The molecule has 2 nitrogen and oxygen atoms in total. The monoisotopic (exact) mass is 237 g/mol. The maximum absolute atomic E-state index is 11.5. The highest BCUT2D eigenvalue weighted by molar-refractivity contribution is 8.23. The normalized spacial score (nSPS) is 20.7. The number of carbonyl (C=O) groups is 1. The van der Waals surface area contributed by atoms with Gasteiger partial charge < -0.3 is 0 Å². The first kappa shape index (κ1) is 10.6. The van der Waals surface area contributed by atoms with Gasteiger partial charge >= 0.3 is 0 Å². The Kier molecular flexibility index (Phi) is 3.07. The minimum Gasteiger partial charge on any atom is -0.290 e. The predicted octanol–water partition coefficient (Wildman–Crippen LogP) is 2.61. The zero-order valence-electron chi connectivity index (χ0n) is 8.34. The van der Waals surface area contributed by atoms with Crippen molar-refractivity contribution in [3.05, 3.63) is 35.9 Å². The fraction of sp³-hybridized carbons (Fsp3) is 0.273. The van der Waals surface area contributed by atoms with Gasteiger partial charge in [0, 0.05) is 12.7 Å². The molecule has 1 aliphatic heterocycles. The molecule has 4 heteroatoms. The van der Waals surface area contributed by atoms with Crippen LogP contribution in [0.1, 0.15) is 18.5 Å². The topological polar surface area (TPSA) is 20.3 Å². The van der Waals surface area contributed by atoms with Crippen LogP contribution in [0.5, 0.6) is 0 Å². The molecule has 1 aromatic rings. The van der Waals surface area contributed by atoms with Crippen molar-refractivity contribution in [2.75, 3.05) is 5.75 Å². The molecule has 0 saturated carbocycles. The number of rotatable bonds is 1. The summed E-state index contributed by atoms with van der Waals surface area (Å²) in [4.78, 5) is 13.2. The number of amides is 1. The highest BCUT2D eigenvalue weighted by atomic mass is 32.2. The first-order chi connectivity index (χ1) is 7.20. The van der Waals surface area contributed by atoms with E-state index in [4.69, 9.17) is 12.2 Å². The quantitative estimate of drug-likeness (QED) is 0.700. The molecule has 2 rings (SSSR count). The summed E-state index contributed by atoms with van der Waals surface area (Å²) in [5, 5.41) is 0. The van der Waals surface area contributed by atoms with Gasteiger partial charge in [-0.1, -0.05) is 54.3 Å². The van der Waals surface area contributed by atoms with Gasteiger partial charge in [0.1, 0.15) is 4.32 Å². The number of carbonyl (C=O) groups excluding carboxylic acids is 1. The Hall–Kier alpha value is -0.870. The van der Waals surface area contributed by atoms with E-state index in [2.05, 4.69) is 0 Å². The third kappa shape index (κ3) is 2.06. The SMILES string of the molecule is CC(=O)N1C(=S)SC[C@@H]1c1ccccc1. The lowest BCUT2D eigenvalue weighted by Crippen LogP contribution is -2.31. The second-order valence-electron chi connectivity index (χ2n) is 3.39. The molecule has 1 atom stereocenters. The van der Waals surface area contributed by atoms with Gasteiger partial charge in [-0.3, -0.25) is 9.69 Å². The summed E-state index contributed by atoms with van der Waals surface area (Å²) < 4.78 is 0.691. The number of hydrogen-bond donors (Lipinski definition) is 0. The summed E-state index contributed by atoms with van der Waals surface area (Å²) in [5.41, 5.74) is 1.15. The molecule has 1 aliphatic rings. The molecule has 1 saturated heterocycles. The van der Waals surface area contributed by atoms with Gasteiger partial charge in [-0.15, -0.1) is 0 Å². The minimum atomic E-state index is 0.0267. The van der Waals surface area contributed by atoms with Gasteiger partial charge in [0.05, 0.1) is 6.04 Å². The standard InChI is InChI=1S/C11H11NOS2/c1-8(13)12-10(7-15-11(12)14)9-5-3-2-4-6-9/h2-6,10H,7H2,1H3/t10-/m1/s1. The third-order valence-corrected chi connectivity index (χ3v) is 3.87. The molecule has 1 heterocycles. The van der Waals surface area contributed by atoms with Gasteiger partial charge in [0.2, 0.25) is 5.91 Å². The van der Waals surface area contributed by atoms with Crippen molar-refractivity contribution in [1.29, 1.82) is 0 Å². The van der Waals surface area contributed by atoms with Crippen LogP contribution in [0, 0.1) is 0 Å². The Labute approximate surface area is 98.7 Å². The summed E-state index contributed by atoms with van der Waals surface area (Å²) in [5.74, 6) is 0.890. The van der Waals surface area contributed by atoms with E-state index in [0.717, 1.165) is 11.3 Å². The Balaban J connectivity index is 2.30. The summed E-state index contributed by atoms with van der Waals surface area (Å²) in [6.07, 6.45) is 0. The van der Waals surface area contributed by atoms with Gasteiger partial charge in [-0.05, 0) is 5.56 Å². The first-order valence-electron chi connectivity index (χ1n) is 4.71. The van der Waals surface area contributed by atoms with Crippen LogP contribution in [-0.2, 0) is 4.79 Å². The Bertz CT molecular complexity index is 391. The van der Waals surface area contributed by atoms with E-state index in [1.807, 2.05) is 30.3 Å². The van der Waals surface area contributed by atoms with E-state index in [-0.39, 0.29) is 11.9 Å². The molecule has 0 spiro atoms. The van der Waals surface area contributed by atoms with Crippen molar-refractivity contribution in [3.8, 4) is 0 Å². The van der Waals surface area contributed by atoms with Crippen LogP contribution in [0.3, 0.4) is 0 Å². The van der Waals surface area contributed by atoms with Gasteiger partial charge in [-0.2, -0.15) is 0 Å². The molecule has 1 fully saturated rings. The van der Waals surface area contributed by atoms with E-state index in [1.165, 1.54) is 0 Å². The second kappa shape index (κ2) is 4.33. The number of thioether (sulfide) groups is 1. The molecule has 0 radical (unpaired) electrons. The highest BCUT2D eigenvalue weighted by Gasteiger charge is 2.32. The maximum Gasteiger partial charge on any atom is 0.225 e. The Morgan fingerprint density at radius 1 is 1.47 bits per heavy atom. The zero-order chi connectivity index (χ0) is 10.8. The van der Waals surface area contributed by atoms with Crippen molar-refractivity contribution in [1.82, 2.24) is 4.90 Å². The van der Waals surface area contributed by atoms with Crippen LogP contribution < -0.4 is 0 Å². The fourth-order valence-electron chi connectivity index (χ4n) is 1.69. The summed E-state index contributed by atoms with van der Waals surface area (Å²) in [6, 6.07) is 10.1. The van der Waals surface area contributed by atoms with Crippen molar-refractivity contribution < 1.29 is 4.79 Å². The Morgan fingerprint density at radius 2 is 2.13 bits per heavy atom. The molecule has 15 heavy (non-hydrogen) atoms. The minimum absolute atomic E-state index is 0.0267. The lowest BCUT2D eigenvalue weighted by Gasteiger charge is -2.22. The van der Waals surface area contributed by atoms with Crippen LogP contribution in [0.4, 0.5) is 0 Å². The summed E-state index contributed by atoms with van der Waals surface area (Å²) in [7, 11) is 0. The average Bonchev–Trinajstić information content (AvgIpc) is 2.61. The second-order valence-corrected chi connectivity index (χ2v) is 5.05. The van der Waals surface area contributed by atoms with E-state index >= 15 is 0 Å². The summed E-state index contributed by atoms with van der Waals surface area (Å²) in [6.45, 7) is 1.56. The lowest BCUT2D eigenvalue weighted by molar-refractivity contribution is -0.126. The van der Waals surface area contributed by atoms with Gasteiger partial charge in [-0.25, -0.2) is 0 Å².